The van der Waals surface area contributed by atoms with Gasteiger partial charge in [-0.2, -0.15) is 0 Å². The summed E-state index contributed by atoms with van der Waals surface area (Å²) >= 11 is 0. The monoisotopic (exact) mass is 258 g/mol. The number of carbonyl (C=O) groups is 1. The van der Waals surface area contributed by atoms with Crippen LogP contribution in [0.5, 0.6) is 0 Å². The number of carbonyl (C=O) groups excluding carboxylic acids is 1. The molecule has 18 heavy (non-hydrogen) atoms. The first-order valence-corrected chi connectivity index (χ1v) is 5.74. The van der Waals surface area contributed by atoms with E-state index in [4.69, 9.17) is 0 Å². The highest BCUT2D eigenvalue weighted by molar-refractivity contribution is 5.92. The summed E-state index contributed by atoms with van der Waals surface area (Å²) in [5.41, 5.74) is -0.322. The highest BCUT2D eigenvalue weighted by atomic mass is 19.2. The second-order valence-corrected chi connectivity index (χ2v) is 4.24. The molecule has 1 aromatic rings. The standard InChI is InChI=1S/C12H13F3N2O/c13-8-1-2-9(11(15)10(8)14)17-12(18)7-3-5-16-6-4-7/h1-2,7,16H,3-6H2,(H,17,18). The second-order valence-electron chi connectivity index (χ2n) is 4.24. The molecule has 0 spiro atoms. The highest BCUT2D eigenvalue weighted by Crippen LogP contribution is 2.21. The number of nitrogens with one attached hydrogen (secondary N) is 2. The zero-order chi connectivity index (χ0) is 13.1. The molecule has 1 aromatic carbocycles. The Morgan fingerprint density at radius 1 is 1.17 bits per heavy atom. The van der Waals surface area contributed by atoms with Gasteiger partial charge in [-0.05, 0) is 38.1 Å². The Kier molecular flexibility index (Phi) is 3.86. The van der Waals surface area contributed by atoms with E-state index in [0.717, 1.165) is 25.2 Å². The Bertz CT molecular complexity index is 459. The molecule has 1 aliphatic rings. The fourth-order valence-corrected chi connectivity index (χ4v) is 1.94. The lowest BCUT2D eigenvalue weighted by Gasteiger charge is -2.21. The number of halogens is 3. The Hall–Kier alpha value is -1.56. The van der Waals surface area contributed by atoms with Crippen molar-refractivity contribution in [3.63, 3.8) is 0 Å². The van der Waals surface area contributed by atoms with Gasteiger partial charge in [-0.25, -0.2) is 13.2 Å². The van der Waals surface area contributed by atoms with Crippen LogP contribution in [0.2, 0.25) is 0 Å². The minimum atomic E-state index is -1.57. The first kappa shape index (κ1) is 12.9. The van der Waals surface area contributed by atoms with Crippen molar-refractivity contribution in [1.29, 1.82) is 0 Å². The zero-order valence-corrected chi connectivity index (χ0v) is 9.60. The van der Waals surface area contributed by atoms with E-state index in [1.165, 1.54) is 0 Å². The number of hydrogen-bond acceptors (Lipinski definition) is 2. The maximum atomic E-state index is 13.3. The van der Waals surface area contributed by atoms with Gasteiger partial charge in [0.1, 0.15) is 0 Å². The lowest BCUT2D eigenvalue weighted by Crippen LogP contribution is -2.34. The fourth-order valence-electron chi connectivity index (χ4n) is 1.94. The molecule has 0 aliphatic carbocycles. The number of hydrogen-bond donors (Lipinski definition) is 2. The van der Waals surface area contributed by atoms with Gasteiger partial charge in [0, 0.05) is 5.92 Å². The van der Waals surface area contributed by atoms with E-state index in [0.29, 0.717) is 12.8 Å². The summed E-state index contributed by atoms with van der Waals surface area (Å²) in [7, 11) is 0. The Balaban J connectivity index is 2.09. The summed E-state index contributed by atoms with van der Waals surface area (Å²) in [6.45, 7) is 1.44. The van der Waals surface area contributed by atoms with Gasteiger partial charge in [0.05, 0.1) is 5.69 Å². The third-order valence-corrected chi connectivity index (χ3v) is 3.00. The highest BCUT2D eigenvalue weighted by Gasteiger charge is 2.23. The van der Waals surface area contributed by atoms with E-state index in [-0.39, 0.29) is 17.5 Å². The van der Waals surface area contributed by atoms with Gasteiger partial charge in [0.15, 0.2) is 17.5 Å². The summed E-state index contributed by atoms with van der Waals surface area (Å²) < 4.78 is 39.0. The summed E-state index contributed by atoms with van der Waals surface area (Å²) in [6, 6.07) is 1.81. The number of piperidine rings is 1. The van der Waals surface area contributed by atoms with Gasteiger partial charge in [-0.3, -0.25) is 4.79 Å². The zero-order valence-electron chi connectivity index (χ0n) is 9.60. The van der Waals surface area contributed by atoms with Crippen molar-refractivity contribution in [2.45, 2.75) is 12.8 Å². The van der Waals surface area contributed by atoms with Gasteiger partial charge >= 0.3 is 0 Å². The molecule has 0 aromatic heterocycles. The van der Waals surface area contributed by atoms with Crippen LogP contribution in [0.1, 0.15) is 12.8 Å². The molecule has 2 N–H and O–H groups in total. The van der Waals surface area contributed by atoms with Gasteiger partial charge < -0.3 is 10.6 Å². The molecule has 1 aliphatic heterocycles. The van der Waals surface area contributed by atoms with Crippen molar-refractivity contribution in [3.8, 4) is 0 Å². The quantitative estimate of drug-likeness (QED) is 0.797. The molecular weight excluding hydrogens is 245 g/mol. The van der Waals surface area contributed by atoms with E-state index in [2.05, 4.69) is 10.6 Å². The van der Waals surface area contributed by atoms with Crippen LogP contribution in [0.4, 0.5) is 18.9 Å². The number of benzene rings is 1. The lowest BCUT2D eigenvalue weighted by molar-refractivity contribution is -0.120. The van der Waals surface area contributed by atoms with Crippen LogP contribution in [0, 0.1) is 23.4 Å². The van der Waals surface area contributed by atoms with E-state index in [1.54, 1.807) is 0 Å². The van der Waals surface area contributed by atoms with E-state index in [9.17, 15) is 18.0 Å². The maximum Gasteiger partial charge on any atom is 0.227 e. The van der Waals surface area contributed by atoms with Crippen LogP contribution in [0.3, 0.4) is 0 Å². The van der Waals surface area contributed by atoms with Crippen LogP contribution in [-0.2, 0) is 4.79 Å². The van der Waals surface area contributed by atoms with E-state index >= 15 is 0 Å². The van der Waals surface area contributed by atoms with Crippen LogP contribution >= 0.6 is 0 Å². The Morgan fingerprint density at radius 3 is 2.50 bits per heavy atom. The predicted octanol–water partition coefficient (Wildman–Crippen LogP) is 2.04. The first-order chi connectivity index (χ1) is 8.59. The molecular formula is C12H13F3N2O. The van der Waals surface area contributed by atoms with Crippen molar-refractivity contribution < 1.29 is 18.0 Å². The Morgan fingerprint density at radius 2 is 1.83 bits per heavy atom. The smallest absolute Gasteiger partial charge is 0.227 e. The van der Waals surface area contributed by atoms with E-state index in [1.807, 2.05) is 0 Å². The van der Waals surface area contributed by atoms with E-state index < -0.39 is 17.5 Å². The minimum Gasteiger partial charge on any atom is -0.323 e. The number of amides is 1. The largest absolute Gasteiger partial charge is 0.323 e. The first-order valence-electron chi connectivity index (χ1n) is 5.74. The molecule has 1 fully saturated rings. The van der Waals surface area contributed by atoms with Crippen LogP contribution in [0.25, 0.3) is 0 Å². The Labute approximate surface area is 102 Å². The SMILES string of the molecule is O=C(Nc1ccc(F)c(F)c1F)C1CCNCC1. The molecule has 6 heteroatoms. The summed E-state index contributed by atoms with van der Waals surface area (Å²) in [4.78, 5) is 11.8. The second kappa shape index (κ2) is 5.39. The maximum absolute atomic E-state index is 13.3. The van der Waals surface area contributed by atoms with Gasteiger partial charge in [0.2, 0.25) is 5.91 Å². The van der Waals surface area contributed by atoms with Gasteiger partial charge in [-0.1, -0.05) is 0 Å². The minimum absolute atomic E-state index is 0.223. The van der Waals surface area contributed by atoms with Crippen molar-refractivity contribution in [1.82, 2.24) is 5.32 Å². The molecule has 1 heterocycles. The molecule has 0 radical (unpaired) electrons. The molecule has 0 saturated carbocycles. The van der Waals surface area contributed by atoms with Crippen LogP contribution < -0.4 is 10.6 Å². The molecule has 3 nitrogen and oxygen atoms in total. The van der Waals surface area contributed by atoms with Crippen molar-refractivity contribution in [2.75, 3.05) is 18.4 Å². The van der Waals surface area contributed by atoms with Crippen molar-refractivity contribution >= 4 is 11.6 Å². The number of anilines is 1. The summed E-state index contributed by atoms with van der Waals surface area (Å²) in [6.07, 6.45) is 1.30. The summed E-state index contributed by atoms with van der Waals surface area (Å²) in [5, 5.41) is 5.40. The summed E-state index contributed by atoms with van der Waals surface area (Å²) in [5.74, 6) is -4.79. The molecule has 2 rings (SSSR count). The normalized spacial score (nSPS) is 16.6. The van der Waals surface area contributed by atoms with Gasteiger partial charge in [0.25, 0.3) is 0 Å². The van der Waals surface area contributed by atoms with Crippen LogP contribution in [-0.4, -0.2) is 19.0 Å². The third kappa shape index (κ3) is 2.64. The molecule has 0 bridgehead atoms. The number of rotatable bonds is 2. The van der Waals surface area contributed by atoms with Crippen LogP contribution in [0.15, 0.2) is 12.1 Å². The topological polar surface area (TPSA) is 41.1 Å². The molecule has 0 atom stereocenters. The molecule has 1 amide bonds. The predicted molar refractivity (Wildman–Crippen MR) is 60.5 cm³/mol. The van der Waals surface area contributed by atoms with Crippen molar-refractivity contribution in [3.05, 3.63) is 29.6 Å². The third-order valence-electron chi connectivity index (χ3n) is 3.00. The molecule has 98 valence electrons. The molecule has 1 saturated heterocycles. The average Bonchev–Trinajstić information content (AvgIpc) is 2.40. The van der Waals surface area contributed by atoms with Gasteiger partial charge in [-0.15, -0.1) is 0 Å². The lowest BCUT2D eigenvalue weighted by atomic mass is 9.97. The fraction of sp³-hybridized carbons (Fsp3) is 0.417. The molecule has 0 unspecified atom stereocenters. The average molecular weight is 258 g/mol. The van der Waals surface area contributed by atoms with Crippen molar-refractivity contribution in [2.24, 2.45) is 5.92 Å².